The quantitative estimate of drug-likeness (QED) is 0.688. The van der Waals surface area contributed by atoms with Crippen LogP contribution in [-0.2, 0) is 11.3 Å². The molecule has 1 saturated heterocycles. The maximum absolute atomic E-state index is 13.8. The third-order valence-electron chi connectivity index (χ3n) is 4.51. The molecule has 0 radical (unpaired) electrons. The minimum absolute atomic E-state index is 0.254. The molecule has 0 spiro atoms. The molecular formula is C19H27FN4O. The fraction of sp³-hybridized carbons (Fsp3) is 0.526. The van der Waals surface area contributed by atoms with Crippen molar-refractivity contribution in [2.75, 3.05) is 45.9 Å². The van der Waals surface area contributed by atoms with E-state index in [0.29, 0.717) is 5.69 Å². The van der Waals surface area contributed by atoms with Gasteiger partial charge in [0, 0.05) is 57.6 Å². The van der Waals surface area contributed by atoms with Crippen molar-refractivity contribution in [3.8, 4) is 5.69 Å². The van der Waals surface area contributed by atoms with Crippen molar-refractivity contribution in [1.29, 1.82) is 0 Å². The van der Waals surface area contributed by atoms with Gasteiger partial charge in [-0.15, -0.1) is 0 Å². The normalized spacial score (nSPS) is 16.4. The maximum atomic E-state index is 13.8. The molecule has 6 heteroatoms. The minimum atomic E-state index is -0.254. The predicted octanol–water partition coefficient (Wildman–Crippen LogP) is 2.56. The Hall–Kier alpha value is -1.76. The molecule has 5 nitrogen and oxygen atoms in total. The van der Waals surface area contributed by atoms with Gasteiger partial charge >= 0.3 is 0 Å². The minimum Gasteiger partial charge on any atom is -0.380 e. The van der Waals surface area contributed by atoms with Crippen molar-refractivity contribution in [2.45, 2.75) is 19.9 Å². The Morgan fingerprint density at radius 2 is 1.84 bits per heavy atom. The Morgan fingerprint density at radius 3 is 2.60 bits per heavy atom. The van der Waals surface area contributed by atoms with Crippen molar-refractivity contribution in [2.24, 2.45) is 0 Å². The molecule has 1 aromatic heterocycles. The smallest absolute Gasteiger partial charge is 0.148 e. The molecule has 0 unspecified atom stereocenters. The first kappa shape index (κ1) is 18.0. The number of nitrogens with zero attached hydrogens (tertiary/aromatic N) is 4. The predicted molar refractivity (Wildman–Crippen MR) is 96.3 cm³/mol. The van der Waals surface area contributed by atoms with E-state index in [1.54, 1.807) is 16.8 Å². The van der Waals surface area contributed by atoms with Gasteiger partial charge in [0.1, 0.15) is 11.5 Å². The van der Waals surface area contributed by atoms with Gasteiger partial charge in [-0.25, -0.2) is 9.07 Å². The Balaban J connectivity index is 1.46. The molecule has 1 aromatic carbocycles. The number of halogens is 1. The molecule has 0 saturated carbocycles. The van der Waals surface area contributed by atoms with Gasteiger partial charge in [0.15, 0.2) is 0 Å². The van der Waals surface area contributed by atoms with Crippen LogP contribution in [0.3, 0.4) is 0 Å². The van der Waals surface area contributed by atoms with Gasteiger partial charge in [-0.2, -0.15) is 5.10 Å². The highest BCUT2D eigenvalue weighted by atomic mass is 19.1. The monoisotopic (exact) mass is 346 g/mol. The number of ether oxygens (including phenoxy) is 1. The van der Waals surface area contributed by atoms with Gasteiger partial charge in [-0.1, -0.05) is 19.1 Å². The van der Waals surface area contributed by atoms with Crippen LogP contribution in [0.25, 0.3) is 5.69 Å². The number of aromatic nitrogens is 2. The van der Waals surface area contributed by atoms with Crippen LogP contribution in [0.5, 0.6) is 0 Å². The zero-order chi connectivity index (χ0) is 17.5. The van der Waals surface area contributed by atoms with Gasteiger partial charge in [0.2, 0.25) is 0 Å². The molecular weight excluding hydrogens is 319 g/mol. The number of benzene rings is 1. The fourth-order valence-electron chi connectivity index (χ4n) is 3.08. The SMILES string of the molecule is CCCOCCN1CCN(Cc2cnn(-c3ccccc3F)c2)CC1. The highest BCUT2D eigenvalue weighted by Gasteiger charge is 2.17. The van der Waals surface area contributed by atoms with E-state index >= 15 is 0 Å². The molecule has 0 aliphatic carbocycles. The molecule has 136 valence electrons. The second-order valence-electron chi connectivity index (χ2n) is 6.47. The summed E-state index contributed by atoms with van der Waals surface area (Å²) in [6, 6.07) is 6.71. The topological polar surface area (TPSA) is 33.5 Å². The number of piperazine rings is 1. The second-order valence-corrected chi connectivity index (χ2v) is 6.47. The summed E-state index contributed by atoms with van der Waals surface area (Å²) in [6.45, 7) is 9.89. The Morgan fingerprint density at radius 1 is 1.08 bits per heavy atom. The Bertz CT molecular complexity index is 652. The molecule has 0 bridgehead atoms. The lowest BCUT2D eigenvalue weighted by atomic mass is 10.2. The lowest BCUT2D eigenvalue weighted by molar-refractivity contribution is 0.0738. The molecule has 1 fully saturated rings. The van der Waals surface area contributed by atoms with Gasteiger partial charge < -0.3 is 4.74 Å². The number of hydrogen-bond acceptors (Lipinski definition) is 4. The first-order valence-corrected chi connectivity index (χ1v) is 9.07. The van der Waals surface area contributed by atoms with E-state index in [2.05, 4.69) is 21.8 Å². The molecule has 0 amide bonds. The van der Waals surface area contributed by atoms with E-state index < -0.39 is 0 Å². The molecule has 0 atom stereocenters. The average Bonchev–Trinajstić information content (AvgIpc) is 3.09. The molecule has 1 aliphatic rings. The molecule has 2 heterocycles. The Kier molecular flexibility index (Phi) is 6.55. The molecule has 25 heavy (non-hydrogen) atoms. The van der Waals surface area contributed by atoms with Crippen LogP contribution < -0.4 is 0 Å². The van der Waals surface area contributed by atoms with Crippen LogP contribution in [0.4, 0.5) is 4.39 Å². The zero-order valence-corrected chi connectivity index (χ0v) is 14.9. The zero-order valence-electron chi connectivity index (χ0n) is 14.9. The van der Waals surface area contributed by atoms with Gasteiger partial charge in [0.05, 0.1) is 12.8 Å². The highest BCUT2D eigenvalue weighted by Crippen LogP contribution is 2.14. The van der Waals surface area contributed by atoms with Gasteiger partial charge in [-0.3, -0.25) is 9.80 Å². The lowest BCUT2D eigenvalue weighted by Crippen LogP contribution is -2.46. The largest absolute Gasteiger partial charge is 0.380 e. The number of hydrogen-bond donors (Lipinski definition) is 0. The van der Waals surface area contributed by atoms with E-state index in [1.165, 1.54) is 6.07 Å². The fourth-order valence-corrected chi connectivity index (χ4v) is 3.08. The molecule has 0 N–H and O–H groups in total. The first-order chi connectivity index (χ1) is 12.3. The summed E-state index contributed by atoms with van der Waals surface area (Å²) in [7, 11) is 0. The highest BCUT2D eigenvalue weighted by molar-refractivity contribution is 5.32. The van der Waals surface area contributed by atoms with Crippen LogP contribution in [0.1, 0.15) is 18.9 Å². The summed E-state index contributed by atoms with van der Waals surface area (Å²) >= 11 is 0. The summed E-state index contributed by atoms with van der Waals surface area (Å²) in [5.41, 5.74) is 1.61. The van der Waals surface area contributed by atoms with Crippen LogP contribution >= 0.6 is 0 Å². The van der Waals surface area contributed by atoms with Crippen LogP contribution in [0, 0.1) is 5.82 Å². The number of rotatable bonds is 8. The Labute approximate surface area is 149 Å². The standard InChI is InChI=1S/C19H27FN4O/c1-2-12-25-13-11-22-7-9-23(10-8-22)15-17-14-21-24(16-17)19-6-4-3-5-18(19)20/h3-6,14,16H,2,7-13,15H2,1H3. The first-order valence-electron chi connectivity index (χ1n) is 9.07. The average molecular weight is 346 g/mol. The third kappa shape index (κ3) is 5.11. The van der Waals surface area contributed by atoms with Crippen molar-refractivity contribution < 1.29 is 9.13 Å². The van der Waals surface area contributed by atoms with E-state index in [4.69, 9.17) is 4.74 Å². The van der Waals surface area contributed by atoms with Crippen molar-refractivity contribution in [3.05, 3.63) is 48.0 Å². The van der Waals surface area contributed by atoms with Gasteiger partial charge in [-0.05, 0) is 18.6 Å². The van der Waals surface area contributed by atoms with Crippen molar-refractivity contribution in [3.63, 3.8) is 0 Å². The van der Waals surface area contributed by atoms with Crippen LogP contribution in [0.15, 0.2) is 36.7 Å². The summed E-state index contributed by atoms with van der Waals surface area (Å²) in [4.78, 5) is 4.88. The van der Waals surface area contributed by atoms with Crippen LogP contribution in [-0.4, -0.2) is 65.5 Å². The van der Waals surface area contributed by atoms with E-state index in [9.17, 15) is 4.39 Å². The summed E-state index contributed by atoms with van der Waals surface area (Å²) in [5.74, 6) is -0.254. The van der Waals surface area contributed by atoms with Gasteiger partial charge in [0.25, 0.3) is 0 Å². The molecule has 1 aliphatic heterocycles. The maximum Gasteiger partial charge on any atom is 0.148 e. The third-order valence-corrected chi connectivity index (χ3v) is 4.51. The van der Waals surface area contributed by atoms with Crippen LogP contribution in [0.2, 0.25) is 0 Å². The van der Waals surface area contributed by atoms with Crippen molar-refractivity contribution >= 4 is 0 Å². The molecule has 3 rings (SSSR count). The van der Waals surface area contributed by atoms with E-state index in [0.717, 1.165) is 64.5 Å². The molecule has 2 aromatic rings. The summed E-state index contributed by atoms with van der Waals surface area (Å²) in [6.07, 6.45) is 4.83. The summed E-state index contributed by atoms with van der Waals surface area (Å²) < 4.78 is 21.0. The van der Waals surface area contributed by atoms with E-state index in [-0.39, 0.29) is 5.82 Å². The van der Waals surface area contributed by atoms with Crippen molar-refractivity contribution in [1.82, 2.24) is 19.6 Å². The van der Waals surface area contributed by atoms with E-state index in [1.807, 2.05) is 18.5 Å². The lowest BCUT2D eigenvalue weighted by Gasteiger charge is -2.34. The summed E-state index contributed by atoms with van der Waals surface area (Å²) in [5, 5.41) is 4.31. The second kappa shape index (κ2) is 9.08. The number of para-hydroxylation sites is 1.